The van der Waals surface area contributed by atoms with E-state index in [0.29, 0.717) is 12.2 Å². The lowest BCUT2D eigenvalue weighted by Crippen LogP contribution is -1.94. The Bertz CT molecular complexity index is 352. The second-order valence-corrected chi connectivity index (χ2v) is 3.79. The Kier molecular flexibility index (Phi) is 5.34. The molecule has 0 saturated heterocycles. The summed E-state index contributed by atoms with van der Waals surface area (Å²) < 4.78 is 5.09. The van der Waals surface area contributed by atoms with Crippen molar-refractivity contribution < 1.29 is 9.53 Å². The normalized spacial score (nSPS) is 11.9. The molecule has 1 aromatic carbocycles. The number of hydrogen-bond acceptors (Lipinski definition) is 2. The Morgan fingerprint density at radius 2 is 2.00 bits per heavy atom. The summed E-state index contributed by atoms with van der Waals surface area (Å²) in [5.74, 6) is 0.698. The van der Waals surface area contributed by atoms with E-state index in [2.05, 4.69) is 6.92 Å². The molecule has 0 aliphatic rings. The number of ether oxygens (including phenoxy) is 1. The molecule has 2 heteroatoms. The molecule has 86 valence electrons. The second-order valence-electron chi connectivity index (χ2n) is 3.79. The highest BCUT2D eigenvalue weighted by Gasteiger charge is 2.06. The summed E-state index contributed by atoms with van der Waals surface area (Å²) in [6.07, 6.45) is 3.22. The van der Waals surface area contributed by atoms with Gasteiger partial charge in [-0.05, 0) is 25.3 Å². The maximum absolute atomic E-state index is 10.5. The Morgan fingerprint density at radius 3 is 2.56 bits per heavy atom. The lowest BCUT2D eigenvalue weighted by atomic mass is 10.0. The summed E-state index contributed by atoms with van der Waals surface area (Å²) in [5.41, 5.74) is 2.09. The number of hydrogen-bond donors (Lipinski definition) is 0. The fourth-order valence-corrected chi connectivity index (χ4v) is 1.61. The van der Waals surface area contributed by atoms with Gasteiger partial charge in [0.2, 0.25) is 0 Å². The van der Waals surface area contributed by atoms with E-state index in [1.807, 2.05) is 37.3 Å². The van der Waals surface area contributed by atoms with Crippen LogP contribution in [0, 0.1) is 0 Å². The zero-order chi connectivity index (χ0) is 11.8. The van der Waals surface area contributed by atoms with E-state index in [0.717, 1.165) is 30.4 Å². The first-order valence-corrected chi connectivity index (χ1v) is 5.65. The van der Waals surface area contributed by atoms with Crippen LogP contribution in [0.2, 0.25) is 0 Å². The van der Waals surface area contributed by atoms with E-state index >= 15 is 0 Å². The molecule has 0 bridgehead atoms. The third kappa shape index (κ3) is 3.54. The summed E-state index contributed by atoms with van der Waals surface area (Å²) in [7, 11) is 0. The van der Waals surface area contributed by atoms with Gasteiger partial charge in [0.25, 0.3) is 6.47 Å². The molecule has 0 unspecified atom stereocenters. The van der Waals surface area contributed by atoms with Gasteiger partial charge in [-0.25, -0.2) is 0 Å². The minimum Gasteiger partial charge on any atom is -0.428 e. The lowest BCUT2D eigenvalue weighted by Gasteiger charge is -2.09. The van der Waals surface area contributed by atoms with Gasteiger partial charge < -0.3 is 4.74 Å². The Hall–Kier alpha value is -1.57. The zero-order valence-corrected chi connectivity index (χ0v) is 9.90. The molecule has 0 heterocycles. The summed E-state index contributed by atoms with van der Waals surface area (Å²) in [4.78, 5) is 10.5. The van der Waals surface area contributed by atoms with Gasteiger partial charge in [0.15, 0.2) is 0 Å². The van der Waals surface area contributed by atoms with Crippen LogP contribution in [-0.4, -0.2) is 6.47 Å². The molecule has 0 aromatic heterocycles. The van der Waals surface area contributed by atoms with Gasteiger partial charge in [0, 0.05) is 5.56 Å². The number of carbonyl (C=O) groups is 1. The van der Waals surface area contributed by atoms with E-state index in [1.165, 1.54) is 0 Å². The molecular formula is C14H18O2. The van der Waals surface area contributed by atoms with Crippen LogP contribution in [0.5, 0.6) is 0 Å². The molecule has 16 heavy (non-hydrogen) atoms. The van der Waals surface area contributed by atoms with Crippen LogP contribution in [-0.2, 0) is 9.53 Å². The van der Waals surface area contributed by atoms with E-state index in [-0.39, 0.29) is 0 Å². The molecule has 1 aromatic rings. The van der Waals surface area contributed by atoms with Gasteiger partial charge in [-0.15, -0.1) is 0 Å². The third-order valence-electron chi connectivity index (χ3n) is 2.49. The van der Waals surface area contributed by atoms with E-state index in [9.17, 15) is 4.79 Å². The van der Waals surface area contributed by atoms with Gasteiger partial charge in [0.05, 0.1) is 0 Å². The summed E-state index contributed by atoms with van der Waals surface area (Å²) in [5, 5.41) is 0. The molecular weight excluding hydrogens is 200 g/mol. The van der Waals surface area contributed by atoms with Crippen molar-refractivity contribution in [3.8, 4) is 0 Å². The maximum atomic E-state index is 10.5. The quantitative estimate of drug-likeness (QED) is 0.536. The molecule has 0 atom stereocenters. The monoisotopic (exact) mass is 218 g/mol. The fraction of sp³-hybridized carbons (Fsp3) is 0.357. The van der Waals surface area contributed by atoms with Crippen molar-refractivity contribution in [1.29, 1.82) is 0 Å². The highest BCUT2D eigenvalue weighted by atomic mass is 16.5. The minimum atomic E-state index is 0.498. The summed E-state index contributed by atoms with van der Waals surface area (Å²) in [6.45, 7) is 4.66. The average molecular weight is 218 g/mol. The number of benzene rings is 1. The molecule has 0 amide bonds. The van der Waals surface area contributed by atoms with Gasteiger partial charge in [-0.1, -0.05) is 43.7 Å². The Balaban J connectivity index is 2.93. The maximum Gasteiger partial charge on any atom is 0.298 e. The molecule has 0 N–H and O–H groups in total. The Morgan fingerprint density at radius 1 is 1.31 bits per heavy atom. The number of rotatable bonds is 6. The lowest BCUT2D eigenvalue weighted by molar-refractivity contribution is -0.122. The molecule has 0 radical (unpaired) electrons. The van der Waals surface area contributed by atoms with Crippen LogP contribution in [0.15, 0.2) is 35.9 Å². The largest absolute Gasteiger partial charge is 0.428 e. The summed E-state index contributed by atoms with van der Waals surface area (Å²) in [6, 6.07) is 9.74. The molecule has 0 saturated carbocycles. The highest BCUT2D eigenvalue weighted by Crippen LogP contribution is 2.22. The molecule has 1 rings (SSSR count). The van der Waals surface area contributed by atoms with Crippen LogP contribution < -0.4 is 0 Å². The second kappa shape index (κ2) is 6.83. The van der Waals surface area contributed by atoms with Crippen molar-refractivity contribution in [2.45, 2.75) is 33.1 Å². The SMILES string of the molecule is CCCC/C(C)=C(/OC=O)c1ccccc1. The number of allylic oxidation sites excluding steroid dienone is 1. The average Bonchev–Trinajstić information content (AvgIpc) is 2.34. The van der Waals surface area contributed by atoms with Crippen molar-refractivity contribution in [1.82, 2.24) is 0 Å². The van der Waals surface area contributed by atoms with Crippen LogP contribution in [0.25, 0.3) is 5.76 Å². The first-order chi connectivity index (χ1) is 7.79. The fourth-order valence-electron chi connectivity index (χ4n) is 1.61. The van der Waals surface area contributed by atoms with Crippen molar-refractivity contribution in [3.63, 3.8) is 0 Å². The molecule has 0 fully saturated rings. The first-order valence-electron chi connectivity index (χ1n) is 5.65. The van der Waals surface area contributed by atoms with Crippen molar-refractivity contribution in [2.24, 2.45) is 0 Å². The van der Waals surface area contributed by atoms with Crippen LogP contribution in [0.3, 0.4) is 0 Å². The molecule has 2 nitrogen and oxygen atoms in total. The third-order valence-corrected chi connectivity index (χ3v) is 2.49. The minimum absolute atomic E-state index is 0.498. The van der Waals surface area contributed by atoms with Crippen molar-refractivity contribution >= 4 is 12.2 Å². The van der Waals surface area contributed by atoms with Gasteiger partial charge in [-0.3, -0.25) is 4.79 Å². The first kappa shape index (κ1) is 12.5. The standard InChI is InChI=1S/C14H18O2/c1-3-4-8-12(2)14(16-11-15)13-9-6-5-7-10-13/h5-7,9-11H,3-4,8H2,1-2H3/b14-12+. The van der Waals surface area contributed by atoms with E-state index in [1.54, 1.807) is 0 Å². The zero-order valence-electron chi connectivity index (χ0n) is 9.90. The smallest absolute Gasteiger partial charge is 0.298 e. The molecule has 0 aliphatic heterocycles. The number of unbranched alkanes of at least 4 members (excludes halogenated alkanes) is 1. The van der Waals surface area contributed by atoms with E-state index in [4.69, 9.17) is 4.74 Å². The highest BCUT2D eigenvalue weighted by molar-refractivity contribution is 5.68. The van der Waals surface area contributed by atoms with Gasteiger partial charge in [-0.2, -0.15) is 0 Å². The summed E-state index contributed by atoms with van der Waals surface area (Å²) >= 11 is 0. The van der Waals surface area contributed by atoms with Crippen LogP contribution >= 0.6 is 0 Å². The topological polar surface area (TPSA) is 26.3 Å². The Labute approximate surface area is 96.9 Å². The van der Waals surface area contributed by atoms with Crippen LogP contribution in [0.4, 0.5) is 0 Å². The van der Waals surface area contributed by atoms with Crippen molar-refractivity contribution in [2.75, 3.05) is 0 Å². The number of carbonyl (C=O) groups excluding carboxylic acids is 1. The van der Waals surface area contributed by atoms with Crippen LogP contribution in [0.1, 0.15) is 38.7 Å². The van der Waals surface area contributed by atoms with Gasteiger partial charge in [0.1, 0.15) is 5.76 Å². The van der Waals surface area contributed by atoms with Crippen molar-refractivity contribution in [3.05, 3.63) is 41.5 Å². The predicted molar refractivity (Wildman–Crippen MR) is 65.7 cm³/mol. The van der Waals surface area contributed by atoms with Gasteiger partial charge >= 0.3 is 0 Å². The predicted octanol–water partition coefficient (Wildman–Crippen LogP) is 3.78. The molecule has 0 spiro atoms. The van der Waals surface area contributed by atoms with E-state index < -0.39 is 0 Å². The molecule has 0 aliphatic carbocycles.